The Labute approximate surface area is 162 Å². The van der Waals surface area contributed by atoms with Gasteiger partial charge in [-0.15, -0.1) is 0 Å². The van der Waals surface area contributed by atoms with Crippen molar-refractivity contribution in [3.63, 3.8) is 0 Å². The van der Waals surface area contributed by atoms with Gasteiger partial charge >= 0.3 is 0 Å². The lowest BCUT2D eigenvalue weighted by Gasteiger charge is -2.35. The first-order valence-electron chi connectivity index (χ1n) is 9.10. The maximum Gasteiger partial charge on any atom is 0.257 e. The van der Waals surface area contributed by atoms with Gasteiger partial charge in [0.2, 0.25) is 0 Å². The second-order valence-corrected chi connectivity index (χ2v) is 6.67. The Morgan fingerprint density at radius 3 is 2.46 bits per heavy atom. The van der Waals surface area contributed by atoms with E-state index in [9.17, 15) is 9.59 Å². The molecule has 4 rings (SSSR count). The highest BCUT2D eigenvalue weighted by Crippen LogP contribution is 2.17. The zero-order chi connectivity index (χ0) is 19.7. The Morgan fingerprint density at radius 2 is 1.75 bits per heavy atom. The highest BCUT2D eigenvalue weighted by atomic mass is 16.5. The SMILES string of the molecule is COc1cccc(C(=O)N2CCN(C(=O)c3cnc4ccnn4c3C)CC2)c1. The van der Waals surface area contributed by atoms with Crippen LogP contribution in [0, 0.1) is 6.92 Å². The van der Waals surface area contributed by atoms with Gasteiger partial charge in [-0.1, -0.05) is 6.07 Å². The summed E-state index contributed by atoms with van der Waals surface area (Å²) in [7, 11) is 1.57. The van der Waals surface area contributed by atoms with Crippen molar-refractivity contribution in [3.05, 3.63) is 59.5 Å². The first-order valence-corrected chi connectivity index (χ1v) is 9.10. The smallest absolute Gasteiger partial charge is 0.257 e. The molecule has 0 saturated carbocycles. The molecule has 144 valence electrons. The van der Waals surface area contributed by atoms with E-state index in [4.69, 9.17) is 4.74 Å². The van der Waals surface area contributed by atoms with Crippen LogP contribution in [0.15, 0.2) is 42.7 Å². The maximum atomic E-state index is 12.9. The molecule has 8 nitrogen and oxygen atoms in total. The van der Waals surface area contributed by atoms with Crippen LogP contribution in [0.25, 0.3) is 5.65 Å². The second-order valence-electron chi connectivity index (χ2n) is 6.67. The van der Waals surface area contributed by atoms with Gasteiger partial charge in [0.05, 0.1) is 24.6 Å². The molecule has 3 heterocycles. The molecule has 0 aliphatic carbocycles. The zero-order valence-electron chi connectivity index (χ0n) is 15.8. The third kappa shape index (κ3) is 3.17. The predicted octanol–water partition coefficient (Wildman–Crippen LogP) is 1.64. The van der Waals surface area contributed by atoms with Gasteiger partial charge in [0, 0.05) is 44.0 Å². The summed E-state index contributed by atoms with van der Waals surface area (Å²) in [4.78, 5) is 33.5. The van der Waals surface area contributed by atoms with E-state index in [0.29, 0.717) is 48.7 Å². The summed E-state index contributed by atoms with van der Waals surface area (Å²) in [5.74, 6) is 0.509. The summed E-state index contributed by atoms with van der Waals surface area (Å²) in [5, 5.41) is 4.21. The van der Waals surface area contributed by atoms with Crippen molar-refractivity contribution in [2.75, 3.05) is 33.3 Å². The average Bonchev–Trinajstić information content (AvgIpc) is 3.23. The number of aryl methyl sites for hydroxylation is 1. The van der Waals surface area contributed by atoms with Crippen LogP contribution in [-0.2, 0) is 0 Å². The van der Waals surface area contributed by atoms with Crippen LogP contribution >= 0.6 is 0 Å². The molecule has 0 radical (unpaired) electrons. The average molecular weight is 379 g/mol. The molecule has 0 spiro atoms. The van der Waals surface area contributed by atoms with Crippen LogP contribution in [0.5, 0.6) is 5.75 Å². The number of amides is 2. The van der Waals surface area contributed by atoms with Crippen molar-refractivity contribution in [1.29, 1.82) is 0 Å². The Hall–Kier alpha value is -3.42. The lowest BCUT2D eigenvalue weighted by atomic mass is 10.1. The second kappa shape index (κ2) is 7.30. The molecule has 1 aromatic carbocycles. The molecular weight excluding hydrogens is 358 g/mol. The number of piperazine rings is 1. The standard InChI is InChI=1S/C20H21N5O3/c1-14-17(13-21-18-6-7-22-25(14)18)20(27)24-10-8-23(9-11-24)19(26)15-4-3-5-16(12-15)28-2/h3-7,12-13H,8-11H2,1-2H3. The van der Waals surface area contributed by atoms with Crippen molar-refractivity contribution in [3.8, 4) is 5.75 Å². The van der Waals surface area contributed by atoms with E-state index in [-0.39, 0.29) is 11.8 Å². The zero-order valence-corrected chi connectivity index (χ0v) is 15.8. The van der Waals surface area contributed by atoms with Crippen LogP contribution in [-0.4, -0.2) is 69.5 Å². The molecule has 0 atom stereocenters. The molecule has 2 aromatic heterocycles. The number of rotatable bonds is 3. The molecular formula is C20H21N5O3. The van der Waals surface area contributed by atoms with Crippen molar-refractivity contribution < 1.29 is 14.3 Å². The molecule has 0 bridgehead atoms. The van der Waals surface area contributed by atoms with Crippen LogP contribution in [0.4, 0.5) is 0 Å². The van der Waals surface area contributed by atoms with E-state index in [1.165, 1.54) is 0 Å². The summed E-state index contributed by atoms with van der Waals surface area (Å²) in [6, 6.07) is 8.91. The number of methoxy groups -OCH3 is 1. The predicted molar refractivity (Wildman–Crippen MR) is 103 cm³/mol. The minimum atomic E-state index is -0.0871. The molecule has 0 unspecified atom stereocenters. The Kier molecular flexibility index (Phi) is 4.68. The number of hydrogen-bond donors (Lipinski definition) is 0. The van der Waals surface area contributed by atoms with E-state index in [2.05, 4.69) is 10.1 Å². The van der Waals surface area contributed by atoms with Gasteiger partial charge in [0.1, 0.15) is 5.75 Å². The molecule has 1 saturated heterocycles. The van der Waals surface area contributed by atoms with Gasteiger partial charge in [0.15, 0.2) is 5.65 Å². The normalized spacial score (nSPS) is 14.4. The van der Waals surface area contributed by atoms with Crippen molar-refractivity contribution >= 4 is 17.5 Å². The molecule has 2 amide bonds. The fourth-order valence-electron chi connectivity index (χ4n) is 3.42. The van der Waals surface area contributed by atoms with E-state index in [0.717, 1.165) is 5.69 Å². The summed E-state index contributed by atoms with van der Waals surface area (Å²) >= 11 is 0. The summed E-state index contributed by atoms with van der Waals surface area (Å²) < 4.78 is 6.85. The number of ether oxygens (including phenoxy) is 1. The first kappa shape index (κ1) is 18.0. The molecule has 28 heavy (non-hydrogen) atoms. The van der Waals surface area contributed by atoms with Gasteiger partial charge in [-0.3, -0.25) is 9.59 Å². The monoisotopic (exact) mass is 379 g/mol. The van der Waals surface area contributed by atoms with Gasteiger partial charge in [0.25, 0.3) is 11.8 Å². The number of carbonyl (C=O) groups excluding carboxylic acids is 2. The Morgan fingerprint density at radius 1 is 1.04 bits per heavy atom. The third-order valence-corrected chi connectivity index (χ3v) is 5.06. The number of benzene rings is 1. The number of aromatic nitrogens is 3. The summed E-state index contributed by atoms with van der Waals surface area (Å²) in [5.41, 5.74) is 2.59. The third-order valence-electron chi connectivity index (χ3n) is 5.06. The largest absolute Gasteiger partial charge is 0.497 e. The van der Waals surface area contributed by atoms with E-state index < -0.39 is 0 Å². The lowest BCUT2D eigenvalue weighted by molar-refractivity contribution is 0.0534. The van der Waals surface area contributed by atoms with Gasteiger partial charge in [-0.2, -0.15) is 5.10 Å². The highest BCUT2D eigenvalue weighted by Gasteiger charge is 2.27. The van der Waals surface area contributed by atoms with Crippen LogP contribution in [0.1, 0.15) is 26.4 Å². The minimum absolute atomic E-state index is 0.0539. The van der Waals surface area contributed by atoms with Crippen LogP contribution in [0.2, 0.25) is 0 Å². The van der Waals surface area contributed by atoms with Gasteiger partial charge < -0.3 is 14.5 Å². The topological polar surface area (TPSA) is 80.0 Å². The first-order chi connectivity index (χ1) is 13.6. The molecule has 8 heteroatoms. The van der Waals surface area contributed by atoms with Crippen LogP contribution < -0.4 is 4.74 Å². The van der Waals surface area contributed by atoms with Gasteiger partial charge in [-0.25, -0.2) is 9.50 Å². The highest BCUT2D eigenvalue weighted by molar-refractivity contribution is 5.96. The quantitative estimate of drug-likeness (QED) is 0.691. The number of fused-ring (bicyclic) bond motifs is 1. The Bertz CT molecular complexity index is 1040. The fourth-order valence-corrected chi connectivity index (χ4v) is 3.42. The number of carbonyl (C=O) groups is 2. The number of nitrogens with zero attached hydrogens (tertiary/aromatic N) is 5. The molecule has 1 aliphatic rings. The maximum absolute atomic E-state index is 12.9. The molecule has 0 N–H and O–H groups in total. The fraction of sp³-hybridized carbons (Fsp3) is 0.300. The molecule has 3 aromatic rings. The van der Waals surface area contributed by atoms with Gasteiger partial charge in [-0.05, 0) is 25.1 Å². The summed E-state index contributed by atoms with van der Waals surface area (Å²) in [6.45, 7) is 3.78. The van der Waals surface area contributed by atoms with E-state index in [1.54, 1.807) is 64.2 Å². The van der Waals surface area contributed by atoms with Crippen molar-refractivity contribution in [2.24, 2.45) is 0 Å². The molecule has 1 aliphatic heterocycles. The van der Waals surface area contributed by atoms with E-state index in [1.807, 2.05) is 6.92 Å². The minimum Gasteiger partial charge on any atom is -0.497 e. The van der Waals surface area contributed by atoms with Crippen molar-refractivity contribution in [1.82, 2.24) is 24.4 Å². The van der Waals surface area contributed by atoms with Crippen molar-refractivity contribution in [2.45, 2.75) is 6.92 Å². The number of hydrogen-bond acceptors (Lipinski definition) is 5. The Balaban J connectivity index is 1.45. The summed E-state index contributed by atoms with van der Waals surface area (Å²) in [6.07, 6.45) is 3.26. The molecule has 1 fully saturated rings. The lowest BCUT2D eigenvalue weighted by Crippen LogP contribution is -2.50. The van der Waals surface area contributed by atoms with E-state index >= 15 is 0 Å². The van der Waals surface area contributed by atoms with Crippen LogP contribution in [0.3, 0.4) is 0 Å².